The fourth-order valence-corrected chi connectivity index (χ4v) is 1.27. The van der Waals surface area contributed by atoms with Crippen molar-refractivity contribution in [2.45, 2.75) is 13.3 Å². The Kier molecular flexibility index (Phi) is 3.65. The summed E-state index contributed by atoms with van der Waals surface area (Å²) >= 11 is 0. The van der Waals surface area contributed by atoms with E-state index < -0.39 is 0 Å². The van der Waals surface area contributed by atoms with Crippen LogP contribution in [0.2, 0.25) is 0 Å². The topological polar surface area (TPSA) is 57.5 Å². The van der Waals surface area contributed by atoms with Crippen LogP contribution in [0.4, 0.5) is 0 Å². The second-order valence-electron chi connectivity index (χ2n) is 3.29. The number of carbonyl (C=O) groups excluding carboxylic acids is 1. The molecule has 0 bridgehead atoms. The highest BCUT2D eigenvalue weighted by Crippen LogP contribution is 2.20. The summed E-state index contributed by atoms with van der Waals surface area (Å²) < 4.78 is 0. The molecule has 14 heavy (non-hydrogen) atoms. The number of Topliss-reactive ketones (excluding diaryl/α,β-unsaturated/α-hetero) is 1. The van der Waals surface area contributed by atoms with Crippen LogP contribution in [0.15, 0.2) is 24.3 Å². The molecule has 0 saturated heterocycles. The molecule has 0 spiro atoms. The molecule has 0 aliphatic heterocycles. The second-order valence-corrected chi connectivity index (χ2v) is 3.29. The molecule has 3 heteroatoms. The molecule has 0 aromatic heterocycles. The van der Waals surface area contributed by atoms with Crippen molar-refractivity contribution in [1.82, 2.24) is 0 Å². The molecule has 0 heterocycles. The quantitative estimate of drug-likeness (QED) is 0.716. The summed E-state index contributed by atoms with van der Waals surface area (Å²) in [6, 6.07) is 6.45. The molecule has 0 aliphatic carbocycles. The lowest BCUT2D eigenvalue weighted by Crippen LogP contribution is -2.12. The Labute approximate surface area is 83.0 Å². The highest BCUT2D eigenvalue weighted by molar-refractivity contribution is 5.99. The molecule has 1 atom stereocenters. The zero-order chi connectivity index (χ0) is 10.6. The molecule has 3 nitrogen and oxygen atoms in total. The number of phenolic OH excluding ortho intramolecular Hbond substituents is 1. The minimum absolute atomic E-state index is 0.00212. The van der Waals surface area contributed by atoms with E-state index in [9.17, 15) is 9.90 Å². The first-order valence-corrected chi connectivity index (χ1v) is 4.60. The number of carbonyl (C=O) groups is 1. The van der Waals surface area contributed by atoms with Gasteiger partial charge in [-0.2, -0.15) is 0 Å². The van der Waals surface area contributed by atoms with Gasteiger partial charge in [0.25, 0.3) is 0 Å². The first kappa shape index (κ1) is 10.7. The second kappa shape index (κ2) is 4.77. The monoisotopic (exact) mass is 194 g/mol. The van der Waals surface area contributed by atoms with E-state index in [4.69, 9.17) is 5.11 Å². The van der Waals surface area contributed by atoms with Crippen molar-refractivity contribution in [2.24, 2.45) is 5.92 Å². The molecule has 1 aromatic rings. The molecule has 0 amide bonds. The van der Waals surface area contributed by atoms with Crippen LogP contribution >= 0.6 is 0 Å². The van der Waals surface area contributed by atoms with Crippen molar-refractivity contribution in [2.75, 3.05) is 6.61 Å². The number of ketones is 1. The van der Waals surface area contributed by atoms with Crippen molar-refractivity contribution < 1.29 is 15.0 Å². The fraction of sp³-hybridized carbons (Fsp3) is 0.364. The van der Waals surface area contributed by atoms with Gasteiger partial charge in [0.2, 0.25) is 0 Å². The molecule has 0 saturated carbocycles. The van der Waals surface area contributed by atoms with Crippen LogP contribution in [0.25, 0.3) is 0 Å². The summed E-state index contributed by atoms with van der Waals surface area (Å²) in [6.07, 6.45) is 0.424. The summed E-state index contributed by atoms with van der Waals surface area (Å²) in [5, 5.41) is 18.1. The Morgan fingerprint density at radius 2 is 2.07 bits per heavy atom. The maximum atomic E-state index is 11.7. The third kappa shape index (κ3) is 2.33. The van der Waals surface area contributed by atoms with E-state index in [1.165, 1.54) is 6.07 Å². The van der Waals surface area contributed by atoms with Crippen LogP contribution in [-0.2, 0) is 0 Å². The normalized spacial score (nSPS) is 12.4. The van der Waals surface area contributed by atoms with Crippen LogP contribution in [0.3, 0.4) is 0 Å². The molecule has 76 valence electrons. The highest BCUT2D eigenvalue weighted by atomic mass is 16.3. The molecular weight excluding hydrogens is 180 g/mol. The molecule has 0 aliphatic rings. The van der Waals surface area contributed by atoms with Crippen LogP contribution in [0.1, 0.15) is 23.7 Å². The number of benzene rings is 1. The molecule has 0 radical (unpaired) electrons. The lowest BCUT2D eigenvalue weighted by molar-refractivity contribution is 0.0905. The predicted octanol–water partition coefficient (Wildman–Crippen LogP) is 1.59. The van der Waals surface area contributed by atoms with Gasteiger partial charge in [-0.05, 0) is 18.6 Å². The van der Waals surface area contributed by atoms with Crippen molar-refractivity contribution in [3.05, 3.63) is 29.8 Å². The Morgan fingerprint density at radius 3 is 2.64 bits per heavy atom. The van der Waals surface area contributed by atoms with E-state index in [1.54, 1.807) is 25.1 Å². The van der Waals surface area contributed by atoms with Gasteiger partial charge in [-0.1, -0.05) is 19.1 Å². The number of aromatic hydroxyl groups is 1. The number of aliphatic hydroxyl groups is 1. The Hall–Kier alpha value is -1.35. The van der Waals surface area contributed by atoms with Crippen LogP contribution in [0.5, 0.6) is 5.75 Å². The van der Waals surface area contributed by atoms with Crippen molar-refractivity contribution in [3.63, 3.8) is 0 Å². The SMILES string of the molecule is C[C@H](CCO)C(=O)c1ccccc1O. The molecular formula is C11H14O3. The van der Waals surface area contributed by atoms with E-state index in [0.29, 0.717) is 12.0 Å². The van der Waals surface area contributed by atoms with E-state index in [-0.39, 0.29) is 24.1 Å². The summed E-state index contributed by atoms with van der Waals surface area (Å²) in [4.78, 5) is 11.7. The lowest BCUT2D eigenvalue weighted by atomic mass is 9.96. The smallest absolute Gasteiger partial charge is 0.169 e. The summed E-state index contributed by atoms with van der Waals surface area (Å²) in [7, 11) is 0. The van der Waals surface area contributed by atoms with E-state index >= 15 is 0 Å². The minimum atomic E-state index is -0.256. The summed E-state index contributed by atoms with van der Waals surface area (Å²) in [5.74, 6) is -0.382. The van der Waals surface area contributed by atoms with Gasteiger partial charge in [0.05, 0.1) is 5.56 Å². The summed E-state index contributed by atoms with van der Waals surface area (Å²) in [6.45, 7) is 1.73. The Morgan fingerprint density at radius 1 is 1.43 bits per heavy atom. The average Bonchev–Trinajstić information content (AvgIpc) is 2.18. The zero-order valence-corrected chi connectivity index (χ0v) is 8.10. The van der Waals surface area contributed by atoms with Gasteiger partial charge in [-0.3, -0.25) is 4.79 Å². The first-order valence-electron chi connectivity index (χ1n) is 4.60. The molecule has 1 aromatic carbocycles. The largest absolute Gasteiger partial charge is 0.507 e. The third-order valence-corrected chi connectivity index (χ3v) is 2.18. The molecule has 0 unspecified atom stereocenters. The number of aliphatic hydroxyl groups excluding tert-OH is 1. The van der Waals surface area contributed by atoms with Gasteiger partial charge in [0, 0.05) is 12.5 Å². The predicted molar refractivity (Wildman–Crippen MR) is 53.3 cm³/mol. The number of phenols is 1. The molecule has 1 rings (SSSR count). The standard InChI is InChI=1S/C11H14O3/c1-8(6-7-12)11(14)9-4-2-3-5-10(9)13/h2-5,8,12-13H,6-7H2,1H3/t8-/m1/s1. The Balaban J connectivity index is 2.84. The van der Waals surface area contributed by atoms with E-state index in [2.05, 4.69) is 0 Å². The molecule has 2 N–H and O–H groups in total. The fourth-order valence-electron chi connectivity index (χ4n) is 1.27. The number of hydrogen-bond donors (Lipinski definition) is 2. The van der Waals surface area contributed by atoms with Gasteiger partial charge < -0.3 is 10.2 Å². The van der Waals surface area contributed by atoms with Gasteiger partial charge >= 0.3 is 0 Å². The van der Waals surface area contributed by atoms with Gasteiger partial charge in [-0.25, -0.2) is 0 Å². The summed E-state index contributed by atoms with van der Waals surface area (Å²) in [5.41, 5.74) is 0.327. The zero-order valence-electron chi connectivity index (χ0n) is 8.10. The van der Waals surface area contributed by atoms with Crippen molar-refractivity contribution in [1.29, 1.82) is 0 Å². The highest BCUT2D eigenvalue weighted by Gasteiger charge is 2.17. The lowest BCUT2D eigenvalue weighted by Gasteiger charge is -2.09. The Bertz CT molecular complexity index is 320. The van der Waals surface area contributed by atoms with Crippen LogP contribution < -0.4 is 0 Å². The van der Waals surface area contributed by atoms with Crippen LogP contribution in [-0.4, -0.2) is 22.6 Å². The number of hydrogen-bond acceptors (Lipinski definition) is 3. The number of rotatable bonds is 4. The first-order chi connectivity index (χ1) is 6.66. The molecule has 0 fully saturated rings. The van der Waals surface area contributed by atoms with Crippen molar-refractivity contribution >= 4 is 5.78 Å². The third-order valence-electron chi connectivity index (χ3n) is 2.18. The van der Waals surface area contributed by atoms with Crippen LogP contribution in [0, 0.1) is 5.92 Å². The van der Waals surface area contributed by atoms with Crippen molar-refractivity contribution in [3.8, 4) is 5.75 Å². The number of para-hydroxylation sites is 1. The van der Waals surface area contributed by atoms with E-state index in [0.717, 1.165) is 0 Å². The minimum Gasteiger partial charge on any atom is -0.507 e. The van der Waals surface area contributed by atoms with Gasteiger partial charge in [0.15, 0.2) is 5.78 Å². The maximum Gasteiger partial charge on any atom is 0.169 e. The van der Waals surface area contributed by atoms with E-state index in [1.807, 2.05) is 0 Å². The average molecular weight is 194 g/mol. The van der Waals surface area contributed by atoms with Gasteiger partial charge in [0.1, 0.15) is 5.75 Å². The maximum absolute atomic E-state index is 11.7. The van der Waals surface area contributed by atoms with Gasteiger partial charge in [-0.15, -0.1) is 0 Å².